The number of benzene rings is 2. The molecule has 0 radical (unpaired) electrons. The lowest BCUT2D eigenvalue weighted by Crippen LogP contribution is -1.82. The quantitative estimate of drug-likeness (QED) is 0.402. The van der Waals surface area contributed by atoms with E-state index in [9.17, 15) is 0 Å². The molecule has 0 bridgehead atoms. The summed E-state index contributed by atoms with van der Waals surface area (Å²) in [4.78, 5) is 0. The highest BCUT2D eigenvalue weighted by molar-refractivity contribution is 7.08. The van der Waals surface area contributed by atoms with Crippen molar-refractivity contribution in [2.24, 2.45) is 0 Å². The van der Waals surface area contributed by atoms with Gasteiger partial charge in [-0.05, 0) is 29.3 Å². The van der Waals surface area contributed by atoms with Crippen LogP contribution in [0.2, 0.25) is 0 Å². The Kier molecular flexibility index (Phi) is 3.79. The Morgan fingerprint density at radius 2 is 1.50 bits per heavy atom. The summed E-state index contributed by atoms with van der Waals surface area (Å²) < 4.78 is 21.2. The molecule has 0 N–H and O–H groups in total. The van der Waals surface area contributed by atoms with Crippen molar-refractivity contribution in [3.8, 4) is 33.8 Å². The zero-order chi connectivity index (χ0) is 16.5. The van der Waals surface area contributed by atoms with Gasteiger partial charge in [-0.3, -0.25) is 0 Å². The Morgan fingerprint density at radius 1 is 0.792 bits per heavy atom. The smallest absolute Gasteiger partial charge is 0.177 e. The highest BCUT2D eigenvalue weighted by atomic mass is 32.1. The van der Waals surface area contributed by atoms with Crippen LogP contribution in [0.4, 0.5) is 4.39 Å². The number of hydrogen-bond donors (Lipinski definition) is 0. The van der Waals surface area contributed by atoms with Crippen LogP contribution in [0.5, 0.6) is 0 Å². The van der Waals surface area contributed by atoms with Gasteiger partial charge in [0, 0.05) is 11.1 Å². The first-order valence-electron chi connectivity index (χ1n) is 7.71. The first-order valence-corrected chi connectivity index (χ1v) is 8.65. The molecule has 2 aromatic heterocycles. The Hall–Kier alpha value is -2.65. The fourth-order valence-corrected chi connectivity index (χ4v) is 3.41. The van der Waals surface area contributed by atoms with Gasteiger partial charge in [-0.2, -0.15) is 11.3 Å². The molecule has 1 nitrogen and oxygen atoms in total. The lowest BCUT2D eigenvalue weighted by Gasteiger charge is -2.02. The van der Waals surface area contributed by atoms with Crippen LogP contribution in [-0.2, 0) is 0 Å². The van der Waals surface area contributed by atoms with Crippen molar-refractivity contribution in [3.63, 3.8) is 0 Å². The van der Waals surface area contributed by atoms with Gasteiger partial charge in [0.05, 0.1) is 5.56 Å². The molecule has 0 atom stereocenters. The van der Waals surface area contributed by atoms with Crippen LogP contribution in [0.1, 0.15) is 5.56 Å². The minimum atomic E-state index is -0.310. The molecular formula is C21H15FOS. The van der Waals surface area contributed by atoms with Gasteiger partial charge >= 0.3 is 0 Å². The van der Waals surface area contributed by atoms with E-state index in [0.717, 1.165) is 22.3 Å². The molecule has 118 valence electrons. The predicted octanol–water partition coefficient (Wildman–Crippen LogP) is 6.79. The van der Waals surface area contributed by atoms with Crippen LogP contribution < -0.4 is 0 Å². The lowest BCUT2D eigenvalue weighted by molar-refractivity contribution is 0.558. The van der Waals surface area contributed by atoms with Crippen molar-refractivity contribution in [2.45, 2.75) is 6.92 Å². The maximum absolute atomic E-state index is 15.2. The monoisotopic (exact) mass is 334 g/mol. The van der Waals surface area contributed by atoms with E-state index < -0.39 is 0 Å². The van der Waals surface area contributed by atoms with Crippen LogP contribution in [0.25, 0.3) is 33.8 Å². The SMILES string of the molecule is Cc1ccc(-c2oc(-c3ccccc3)c(F)c2-c2ccsc2)cc1. The summed E-state index contributed by atoms with van der Waals surface area (Å²) >= 11 is 1.55. The standard InChI is InChI=1S/C21H15FOS/c1-14-7-9-16(10-8-14)20-18(17-11-12-24-13-17)19(22)21(23-20)15-5-3-2-4-6-15/h2-13H,1H3. The van der Waals surface area contributed by atoms with E-state index in [1.165, 1.54) is 0 Å². The number of furan rings is 1. The molecular weight excluding hydrogens is 319 g/mol. The van der Waals surface area contributed by atoms with E-state index in [1.54, 1.807) is 11.3 Å². The molecule has 0 aliphatic carbocycles. The largest absolute Gasteiger partial charge is 0.452 e. The zero-order valence-electron chi connectivity index (χ0n) is 13.1. The second kappa shape index (κ2) is 6.10. The molecule has 4 rings (SSSR count). The molecule has 0 aliphatic rings. The van der Waals surface area contributed by atoms with Gasteiger partial charge < -0.3 is 4.42 Å². The van der Waals surface area contributed by atoms with Crippen molar-refractivity contribution >= 4 is 11.3 Å². The Labute approximate surface area is 144 Å². The molecule has 0 spiro atoms. The number of hydrogen-bond acceptors (Lipinski definition) is 2. The van der Waals surface area contributed by atoms with E-state index >= 15 is 4.39 Å². The van der Waals surface area contributed by atoms with Crippen molar-refractivity contribution in [2.75, 3.05) is 0 Å². The first-order chi connectivity index (χ1) is 11.7. The van der Waals surface area contributed by atoms with Gasteiger partial charge in [0.2, 0.25) is 0 Å². The summed E-state index contributed by atoms with van der Waals surface area (Å²) in [7, 11) is 0. The highest BCUT2D eigenvalue weighted by Crippen LogP contribution is 2.42. The molecule has 0 saturated carbocycles. The van der Waals surface area contributed by atoms with Gasteiger partial charge in [0.1, 0.15) is 5.76 Å². The first kappa shape index (κ1) is 14.9. The van der Waals surface area contributed by atoms with Gasteiger partial charge in [-0.1, -0.05) is 60.2 Å². The normalized spacial score (nSPS) is 10.9. The van der Waals surface area contributed by atoms with Gasteiger partial charge in [0.15, 0.2) is 11.6 Å². The van der Waals surface area contributed by atoms with E-state index in [-0.39, 0.29) is 11.6 Å². The topological polar surface area (TPSA) is 13.1 Å². The molecule has 0 amide bonds. The summed E-state index contributed by atoms with van der Waals surface area (Å²) in [5.41, 5.74) is 4.15. The number of aryl methyl sites for hydroxylation is 1. The minimum Gasteiger partial charge on any atom is -0.452 e. The highest BCUT2D eigenvalue weighted by Gasteiger charge is 2.24. The third-order valence-electron chi connectivity index (χ3n) is 4.01. The Balaban J connectivity index is 1.96. The molecule has 2 heterocycles. The van der Waals surface area contributed by atoms with Crippen LogP contribution in [0.3, 0.4) is 0 Å². The van der Waals surface area contributed by atoms with Crippen LogP contribution in [0, 0.1) is 12.7 Å². The second-order valence-corrected chi connectivity index (χ2v) is 6.47. The van der Waals surface area contributed by atoms with Crippen molar-refractivity contribution < 1.29 is 8.81 Å². The second-order valence-electron chi connectivity index (χ2n) is 5.69. The fourth-order valence-electron chi connectivity index (χ4n) is 2.76. The molecule has 4 aromatic rings. The number of rotatable bonds is 3. The summed E-state index contributed by atoms with van der Waals surface area (Å²) in [6.45, 7) is 2.03. The fraction of sp³-hybridized carbons (Fsp3) is 0.0476. The van der Waals surface area contributed by atoms with Crippen molar-refractivity contribution in [3.05, 3.63) is 82.8 Å². The average Bonchev–Trinajstić information content (AvgIpc) is 3.24. The Morgan fingerprint density at radius 3 is 2.17 bits per heavy atom. The van der Waals surface area contributed by atoms with Crippen LogP contribution >= 0.6 is 11.3 Å². The lowest BCUT2D eigenvalue weighted by atomic mass is 10.0. The summed E-state index contributed by atoms with van der Waals surface area (Å²) in [5.74, 6) is 0.548. The third kappa shape index (κ3) is 2.57. The average molecular weight is 334 g/mol. The molecule has 0 aliphatic heterocycles. The van der Waals surface area contributed by atoms with Crippen molar-refractivity contribution in [1.29, 1.82) is 0 Å². The predicted molar refractivity (Wildman–Crippen MR) is 97.6 cm³/mol. The summed E-state index contributed by atoms with van der Waals surface area (Å²) in [6, 6.07) is 19.3. The van der Waals surface area contributed by atoms with E-state index in [1.807, 2.05) is 78.3 Å². The molecule has 2 aromatic carbocycles. The molecule has 0 fully saturated rings. The zero-order valence-corrected chi connectivity index (χ0v) is 13.9. The Bertz CT molecular complexity index is 951. The summed E-state index contributed by atoms with van der Waals surface area (Å²) in [5, 5.41) is 3.89. The molecule has 3 heteroatoms. The van der Waals surface area contributed by atoms with Gasteiger partial charge in [-0.25, -0.2) is 4.39 Å². The van der Waals surface area contributed by atoms with Gasteiger partial charge in [-0.15, -0.1) is 0 Å². The van der Waals surface area contributed by atoms with E-state index in [2.05, 4.69) is 0 Å². The number of thiophene rings is 1. The van der Waals surface area contributed by atoms with E-state index in [4.69, 9.17) is 4.42 Å². The molecule has 0 saturated heterocycles. The summed E-state index contributed by atoms with van der Waals surface area (Å²) in [6.07, 6.45) is 0. The maximum Gasteiger partial charge on any atom is 0.177 e. The van der Waals surface area contributed by atoms with Gasteiger partial charge in [0.25, 0.3) is 0 Å². The minimum absolute atomic E-state index is 0.285. The third-order valence-corrected chi connectivity index (χ3v) is 4.69. The van der Waals surface area contributed by atoms with Crippen LogP contribution in [-0.4, -0.2) is 0 Å². The number of halogens is 1. The molecule has 24 heavy (non-hydrogen) atoms. The van der Waals surface area contributed by atoms with Crippen molar-refractivity contribution in [1.82, 2.24) is 0 Å². The maximum atomic E-state index is 15.2. The van der Waals surface area contributed by atoms with Crippen LogP contribution in [0.15, 0.2) is 75.8 Å². The van der Waals surface area contributed by atoms with E-state index in [0.29, 0.717) is 11.3 Å². The molecule has 0 unspecified atom stereocenters.